The first-order valence-electron chi connectivity index (χ1n) is 2.96. The van der Waals surface area contributed by atoms with Crippen molar-refractivity contribution in [3.8, 4) is 0 Å². The fourth-order valence-corrected chi connectivity index (χ4v) is 0.997. The van der Waals surface area contributed by atoms with Crippen molar-refractivity contribution in [3.05, 3.63) is 24.0 Å². The lowest BCUT2D eigenvalue weighted by molar-refractivity contribution is 0.423. The summed E-state index contributed by atoms with van der Waals surface area (Å²) in [7, 11) is 0. The normalized spacial score (nSPS) is 25.9. The third-order valence-corrected chi connectivity index (χ3v) is 1.76. The highest BCUT2D eigenvalue weighted by Crippen LogP contribution is 2.15. The van der Waals surface area contributed by atoms with Gasteiger partial charge in [-0.2, -0.15) is 0 Å². The summed E-state index contributed by atoms with van der Waals surface area (Å²) < 4.78 is 0. The van der Waals surface area contributed by atoms with Crippen LogP contribution in [0.2, 0.25) is 0 Å². The zero-order chi connectivity index (χ0) is 6.69. The Morgan fingerprint density at radius 2 is 2.56 bits per heavy atom. The molecule has 0 aromatic carbocycles. The molecule has 0 bridgehead atoms. The van der Waals surface area contributed by atoms with E-state index in [1.54, 1.807) is 12.2 Å². The zero-order valence-electron chi connectivity index (χ0n) is 5.05. The molecule has 9 heavy (non-hydrogen) atoms. The van der Waals surface area contributed by atoms with Gasteiger partial charge < -0.3 is 5.11 Å². The van der Waals surface area contributed by atoms with Crippen LogP contribution in [-0.2, 0) is 0 Å². The molecule has 0 spiro atoms. The standard InChI is InChI=1S/C7H9ClO/c8-5-6-1-3-7(9)4-2-6/h1,3-4,6,9H,2,5H2/t6-/m0/s1. The molecule has 2 heteroatoms. The number of alkyl halides is 1. The molecular weight excluding hydrogens is 136 g/mol. The molecule has 0 aliphatic heterocycles. The Morgan fingerprint density at radius 3 is 3.00 bits per heavy atom. The molecule has 0 aromatic heterocycles. The molecule has 0 fully saturated rings. The van der Waals surface area contributed by atoms with Crippen molar-refractivity contribution in [2.75, 3.05) is 5.88 Å². The average Bonchev–Trinajstić information content (AvgIpc) is 1.90. The first kappa shape index (κ1) is 6.69. The molecule has 0 saturated heterocycles. The largest absolute Gasteiger partial charge is 0.508 e. The van der Waals surface area contributed by atoms with E-state index in [4.69, 9.17) is 16.7 Å². The number of hydrogen-bond acceptors (Lipinski definition) is 1. The highest BCUT2D eigenvalue weighted by molar-refractivity contribution is 6.18. The van der Waals surface area contributed by atoms with Gasteiger partial charge in [0, 0.05) is 5.88 Å². The van der Waals surface area contributed by atoms with Crippen molar-refractivity contribution in [2.45, 2.75) is 6.42 Å². The Morgan fingerprint density at radius 1 is 1.78 bits per heavy atom. The summed E-state index contributed by atoms with van der Waals surface area (Å²) >= 11 is 5.57. The Balaban J connectivity index is 2.48. The monoisotopic (exact) mass is 144 g/mol. The van der Waals surface area contributed by atoms with Gasteiger partial charge in [0.05, 0.1) is 0 Å². The number of rotatable bonds is 1. The molecule has 1 N–H and O–H groups in total. The molecule has 1 nitrogen and oxygen atoms in total. The summed E-state index contributed by atoms with van der Waals surface area (Å²) in [4.78, 5) is 0. The van der Waals surface area contributed by atoms with E-state index in [0.717, 1.165) is 6.42 Å². The van der Waals surface area contributed by atoms with Crippen LogP contribution in [-0.4, -0.2) is 11.0 Å². The first-order valence-corrected chi connectivity index (χ1v) is 3.49. The second-order valence-corrected chi connectivity index (χ2v) is 2.45. The van der Waals surface area contributed by atoms with Crippen molar-refractivity contribution in [1.29, 1.82) is 0 Å². The fourth-order valence-electron chi connectivity index (χ4n) is 0.768. The maximum absolute atomic E-state index is 8.85. The lowest BCUT2D eigenvalue weighted by Crippen LogP contribution is -2.00. The first-order chi connectivity index (χ1) is 4.33. The molecular formula is C7H9ClO. The Labute approximate surface area is 59.6 Å². The van der Waals surface area contributed by atoms with E-state index in [0.29, 0.717) is 17.6 Å². The summed E-state index contributed by atoms with van der Waals surface area (Å²) in [6.07, 6.45) is 6.28. The molecule has 1 aliphatic rings. The minimum Gasteiger partial charge on any atom is -0.508 e. The highest BCUT2D eigenvalue weighted by Gasteiger charge is 2.04. The van der Waals surface area contributed by atoms with E-state index in [1.807, 2.05) is 6.08 Å². The van der Waals surface area contributed by atoms with Crippen molar-refractivity contribution in [3.63, 3.8) is 0 Å². The minimum atomic E-state index is 0.358. The van der Waals surface area contributed by atoms with Gasteiger partial charge in [0.2, 0.25) is 0 Å². The molecule has 1 atom stereocenters. The quantitative estimate of drug-likeness (QED) is 0.560. The Hall–Kier alpha value is -0.430. The van der Waals surface area contributed by atoms with Crippen molar-refractivity contribution in [1.82, 2.24) is 0 Å². The third-order valence-electron chi connectivity index (χ3n) is 1.37. The Kier molecular flexibility index (Phi) is 2.17. The van der Waals surface area contributed by atoms with E-state index in [1.165, 1.54) is 0 Å². The van der Waals surface area contributed by atoms with E-state index in [9.17, 15) is 0 Å². The van der Waals surface area contributed by atoms with Gasteiger partial charge in [-0.05, 0) is 24.5 Å². The summed E-state index contributed by atoms with van der Waals surface area (Å²) in [6, 6.07) is 0. The summed E-state index contributed by atoms with van der Waals surface area (Å²) in [5, 5.41) is 8.85. The summed E-state index contributed by atoms with van der Waals surface area (Å²) in [6.45, 7) is 0. The van der Waals surface area contributed by atoms with Gasteiger partial charge in [0.15, 0.2) is 0 Å². The second-order valence-electron chi connectivity index (χ2n) is 2.14. The van der Waals surface area contributed by atoms with Gasteiger partial charge in [-0.3, -0.25) is 0 Å². The van der Waals surface area contributed by atoms with E-state index < -0.39 is 0 Å². The van der Waals surface area contributed by atoms with Crippen molar-refractivity contribution < 1.29 is 5.11 Å². The van der Waals surface area contributed by atoms with Gasteiger partial charge in [-0.1, -0.05) is 6.08 Å². The highest BCUT2D eigenvalue weighted by atomic mass is 35.5. The zero-order valence-corrected chi connectivity index (χ0v) is 5.80. The minimum absolute atomic E-state index is 0.358. The van der Waals surface area contributed by atoms with Crippen LogP contribution in [0.4, 0.5) is 0 Å². The van der Waals surface area contributed by atoms with Crippen LogP contribution in [0, 0.1) is 5.92 Å². The van der Waals surface area contributed by atoms with Crippen LogP contribution in [0.15, 0.2) is 24.0 Å². The van der Waals surface area contributed by atoms with E-state index in [-0.39, 0.29) is 0 Å². The number of aliphatic hydroxyl groups is 1. The topological polar surface area (TPSA) is 20.2 Å². The van der Waals surface area contributed by atoms with Gasteiger partial charge >= 0.3 is 0 Å². The SMILES string of the molecule is OC1=CC[C@@H](CCl)C=C1. The van der Waals surface area contributed by atoms with Crippen LogP contribution >= 0.6 is 11.6 Å². The molecule has 0 radical (unpaired) electrons. The molecule has 0 heterocycles. The summed E-state index contributed by atoms with van der Waals surface area (Å²) in [5.74, 6) is 1.42. The van der Waals surface area contributed by atoms with Gasteiger partial charge in [0.25, 0.3) is 0 Å². The molecule has 0 saturated carbocycles. The van der Waals surface area contributed by atoms with Gasteiger partial charge in [-0.15, -0.1) is 11.6 Å². The van der Waals surface area contributed by atoms with Crippen LogP contribution in [0.3, 0.4) is 0 Å². The average molecular weight is 145 g/mol. The maximum atomic E-state index is 8.85. The Bertz CT molecular complexity index is 149. The van der Waals surface area contributed by atoms with Crippen LogP contribution in [0.5, 0.6) is 0 Å². The number of aliphatic hydroxyl groups excluding tert-OH is 1. The van der Waals surface area contributed by atoms with Crippen LogP contribution in [0.25, 0.3) is 0 Å². The fraction of sp³-hybridized carbons (Fsp3) is 0.429. The van der Waals surface area contributed by atoms with Crippen LogP contribution in [0.1, 0.15) is 6.42 Å². The molecule has 1 rings (SSSR count). The van der Waals surface area contributed by atoms with Gasteiger partial charge in [-0.25, -0.2) is 0 Å². The lowest BCUT2D eigenvalue weighted by Gasteiger charge is -2.08. The number of allylic oxidation sites excluding steroid dienone is 3. The maximum Gasteiger partial charge on any atom is 0.111 e. The lowest BCUT2D eigenvalue weighted by atomic mass is 10.0. The summed E-state index contributed by atoms with van der Waals surface area (Å²) in [5.41, 5.74) is 0. The second kappa shape index (κ2) is 2.92. The van der Waals surface area contributed by atoms with E-state index in [2.05, 4.69) is 0 Å². The number of hydrogen-bond donors (Lipinski definition) is 1. The third kappa shape index (κ3) is 1.75. The predicted octanol–water partition coefficient (Wildman–Crippen LogP) is 2.24. The smallest absolute Gasteiger partial charge is 0.111 e. The molecule has 0 aromatic rings. The van der Waals surface area contributed by atoms with Crippen molar-refractivity contribution in [2.24, 2.45) is 5.92 Å². The number of halogens is 1. The van der Waals surface area contributed by atoms with Crippen molar-refractivity contribution >= 4 is 11.6 Å². The molecule has 0 unspecified atom stereocenters. The molecule has 50 valence electrons. The molecule has 1 aliphatic carbocycles. The predicted molar refractivity (Wildman–Crippen MR) is 38.7 cm³/mol. The molecule has 0 amide bonds. The van der Waals surface area contributed by atoms with E-state index >= 15 is 0 Å². The van der Waals surface area contributed by atoms with Gasteiger partial charge in [0.1, 0.15) is 5.76 Å². The van der Waals surface area contributed by atoms with Crippen LogP contribution < -0.4 is 0 Å².